The van der Waals surface area contributed by atoms with E-state index < -0.39 is 0 Å². The van der Waals surface area contributed by atoms with Crippen molar-refractivity contribution in [1.82, 2.24) is 15.5 Å². The number of hydrogen-bond donors (Lipinski definition) is 2. The topological polar surface area (TPSA) is 79.9 Å². The molecule has 0 aromatic carbocycles. The van der Waals surface area contributed by atoms with E-state index in [0.717, 1.165) is 38.8 Å². The molecule has 0 atom stereocenters. The van der Waals surface area contributed by atoms with Gasteiger partial charge in [0.05, 0.1) is 25.4 Å². The van der Waals surface area contributed by atoms with Gasteiger partial charge in [-0.1, -0.05) is 13.8 Å². The summed E-state index contributed by atoms with van der Waals surface area (Å²) in [4.78, 5) is 24.8. The third-order valence-corrected chi connectivity index (χ3v) is 5.22. The van der Waals surface area contributed by atoms with Gasteiger partial charge in [-0.3, -0.25) is 9.59 Å². The smallest absolute Gasteiger partial charge is 0.219 e. The average molecular weight is 370 g/mol. The molecule has 0 saturated heterocycles. The fourth-order valence-electron chi connectivity index (χ4n) is 3.16. The van der Waals surface area contributed by atoms with Crippen molar-refractivity contribution in [2.24, 2.45) is 0 Å². The Labute approximate surface area is 157 Å². The lowest BCUT2D eigenvalue weighted by Crippen LogP contribution is -2.48. The first-order chi connectivity index (χ1) is 12.5. The van der Waals surface area contributed by atoms with Gasteiger partial charge in [0, 0.05) is 38.0 Å². The lowest BCUT2D eigenvalue weighted by molar-refractivity contribution is -0.124. The van der Waals surface area contributed by atoms with E-state index in [1.54, 1.807) is 0 Å². The lowest BCUT2D eigenvalue weighted by Gasteiger charge is -2.36. The Morgan fingerprint density at radius 2 is 1.23 bits per heavy atom. The summed E-state index contributed by atoms with van der Waals surface area (Å²) in [5.74, 6) is 0.248. The molecule has 0 heterocycles. The van der Waals surface area contributed by atoms with Crippen molar-refractivity contribution in [3.05, 3.63) is 0 Å². The highest BCUT2D eigenvalue weighted by Crippen LogP contribution is 2.24. The molecular formula is C19H35N3O4. The molecule has 0 aromatic heterocycles. The summed E-state index contributed by atoms with van der Waals surface area (Å²) in [6, 6.07) is 0.596. The minimum atomic E-state index is 0.124. The van der Waals surface area contributed by atoms with Crippen LogP contribution in [0.4, 0.5) is 0 Å². The fraction of sp³-hybridized carbons (Fsp3) is 0.895. The first kappa shape index (κ1) is 21.1. The normalized spacial score (nSPS) is 27.5. The van der Waals surface area contributed by atoms with Crippen LogP contribution in [0.25, 0.3) is 0 Å². The van der Waals surface area contributed by atoms with Crippen LogP contribution in [-0.4, -0.2) is 74.4 Å². The van der Waals surface area contributed by atoms with Crippen LogP contribution < -0.4 is 10.6 Å². The summed E-state index contributed by atoms with van der Waals surface area (Å²) in [5.41, 5.74) is 0. The zero-order valence-electron chi connectivity index (χ0n) is 16.5. The molecule has 2 amide bonds. The van der Waals surface area contributed by atoms with E-state index in [-0.39, 0.29) is 24.0 Å². The molecule has 2 aliphatic carbocycles. The fourth-order valence-corrected chi connectivity index (χ4v) is 3.16. The Balaban J connectivity index is 1.39. The minimum absolute atomic E-state index is 0.124. The highest BCUT2D eigenvalue weighted by atomic mass is 16.5. The van der Waals surface area contributed by atoms with Crippen molar-refractivity contribution in [3.63, 3.8) is 0 Å². The predicted octanol–water partition coefficient (Wildman–Crippen LogP) is 1.07. The monoisotopic (exact) mass is 369 g/mol. The Kier molecular flexibility index (Phi) is 8.81. The van der Waals surface area contributed by atoms with Crippen molar-refractivity contribution in [1.29, 1.82) is 0 Å². The van der Waals surface area contributed by atoms with Crippen molar-refractivity contribution in [2.45, 2.75) is 76.7 Å². The Bertz CT molecular complexity index is 408. The Morgan fingerprint density at radius 3 is 1.58 bits per heavy atom. The maximum atomic E-state index is 11.3. The van der Waals surface area contributed by atoms with Gasteiger partial charge in [-0.15, -0.1) is 0 Å². The lowest BCUT2D eigenvalue weighted by atomic mass is 9.89. The molecule has 7 nitrogen and oxygen atoms in total. The number of ether oxygens (including phenoxy) is 2. The van der Waals surface area contributed by atoms with Crippen LogP contribution in [0, 0.1) is 0 Å². The maximum Gasteiger partial charge on any atom is 0.219 e. The SMILES string of the molecule is CCC(=O)NC1CC(OCCN(C)CCOC2CC(NC(=O)CC)C2)C1. The summed E-state index contributed by atoms with van der Waals surface area (Å²) in [6.07, 6.45) is 5.37. The third-order valence-electron chi connectivity index (χ3n) is 5.22. The number of carbonyl (C=O) groups excluding carboxylic acids is 2. The molecule has 2 saturated carbocycles. The van der Waals surface area contributed by atoms with E-state index in [0.29, 0.717) is 38.1 Å². The summed E-state index contributed by atoms with van der Waals surface area (Å²) in [6.45, 7) is 6.93. The number of carbonyl (C=O) groups is 2. The van der Waals surface area contributed by atoms with Crippen molar-refractivity contribution >= 4 is 11.8 Å². The molecule has 2 fully saturated rings. The molecule has 0 aromatic rings. The van der Waals surface area contributed by atoms with Crippen LogP contribution in [0.5, 0.6) is 0 Å². The van der Waals surface area contributed by atoms with Gasteiger partial charge in [0.2, 0.25) is 11.8 Å². The van der Waals surface area contributed by atoms with Gasteiger partial charge in [-0.2, -0.15) is 0 Å². The van der Waals surface area contributed by atoms with Gasteiger partial charge in [-0.25, -0.2) is 0 Å². The number of likely N-dealkylation sites (N-methyl/N-ethyl adjacent to an activating group) is 1. The predicted molar refractivity (Wildman–Crippen MR) is 99.9 cm³/mol. The molecule has 7 heteroatoms. The second-order valence-corrected chi connectivity index (χ2v) is 7.47. The largest absolute Gasteiger partial charge is 0.377 e. The van der Waals surface area contributed by atoms with Crippen molar-refractivity contribution in [2.75, 3.05) is 33.4 Å². The molecule has 0 radical (unpaired) electrons. The van der Waals surface area contributed by atoms with Crippen LogP contribution in [0.1, 0.15) is 52.4 Å². The number of hydrogen-bond acceptors (Lipinski definition) is 5. The van der Waals surface area contributed by atoms with Crippen molar-refractivity contribution < 1.29 is 19.1 Å². The zero-order chi connectivity index (χ0) is 18.9. The van der Waals surface area contributed by atoms with Gasteiger partial charge < -0.3 is 25.0 Å². The second kappa shape index (κ2) is 10.8. The number of rotatable bonds is 12. The molecule has 0 spiro atoms. The van der Waals surface area contributed by atoms with Crippen LogP contribution in [0.3, 0.4) is 0 Å². The molecule has 2 N–H and O–H groups in total. The van der Waals surface area contributed by atoms with Gasteiger partial charge in [0.25, 0.3) is 0 Å². The van der Waals surface area contributed by atoms with Crippen molar-refractivity contribution in [3.8, 4) is 0 Å². The summed E-state index contributed by atoms with van der Waals surface area (Å²) < 4.78 is 11.7. The summed E-state index contributed by atoms with van der Waals surface area (Å²) in [7, 11) is 2.07. The summed E-state index contributed by atoms with van der Waals surface area (Å²) >= 11 is 0. The highest BCUT2D eigenvalue weighted by Gasteiger charge is 2.31. The molecule has 150 valence electrons. The third kappa shape index (κ3) is 7.21. The van der Waals surface area contributed by atoms with Crippen LogP contribution in [0.2, 0.25) is 0 Å². The first-order valence-electron chi connectivity index (χ1n) is 10.0. The molecule has 0 bridgehead atoms. The zero-order valence-corrected chi connectivity index (χ0v) is 16.5. The molecule has 0 aliphatic heterocycles. The minimum Gasteiger partial charge on any atom is -0.377 e. The molecule has 0 unspecified atom stereocenters. The van der Waals surface area contributed by atoms with Crippen LogP contribution >= 0.6 is 0 Å². The van der Waals surface area contributed by atoms with Gasteiger partial charge in [0.1, 0.15) is 0 Å². The van der Waals surface area contributed by atoms with Crippen LogP contribution in [-0.2, 0) is 19.1 Å². The molecule has 26 heavy (non-hydrogen) atoms. The van der Waals surface area contributed by atoms with Crippen LogP contribution in [0.15, 0.2) is 0 Å². The van der Waals surface area contributed by atoms with E-state index in [1.165, 1.54) is 0 Å². The number of amides is 2. The molecular weight excluding hydrogens is 334 g/mol. The standard InChI is InChI=1S/C19H35N3O4/c1-4-18(23)20-14-10-16(11-14)25-8-6-22(3)7-9-26-17-12-15(13-17)21-19(24)5-2/h14-17H,4-13H2,1-3H3,(H,20,23)(H,21,24). The van der Waals surface area contributed by atoms with E-state index in [1.807, 2.05) is 13.8 Å². The molecule has 2 rings (SSSR count). The van der Waals surface area contributed by atoms with E-state index in [9.17, 15) is 9.59 Å². The van der Waals surface area contributed by atoms with Gasteiger partial charge in [0.15, 0.2) is 0 Å². The second-order valence-electron chi connectivity index (χ2n) is 7.47. The number of nitrogens with one attached hydrogen (secondary N) is 2. The highest BCUT2D eigenvalue weighted by molar-refractivity contribution is 5.76. The van der Waals surface area contributed by atoms with Gasteiger partial charge >= 0.3 is 0 Å². The summed E-state index contributed by atoms with van der Waals surface area (Å²) in [5, 5.41) is 5.98. The Hall–Kier alpha value is -1.18. The first-order valence-corrected chi connectivity index (χ1v) is 10.0. The average Bonchev–Trinajstić information content (AvgIpc) is 2.56. The van der Waals surface area contributed by atoms with E-state index >= 15 is 0 Å². The maximum absolute atomic E-state index is 11.3. The Morgan fingerprint density at radius 1 is 0.846 bits per heavy atom. The quantitative estimate of drug-likeness (QED) is 0.538. The van der Waals surface area contributed by atoms with Gasteiger partial charge in [-0.05, 0) is 32.7 Å². The van der Waals surface area contributed by atoms with E-state index in [2.05, 4.69) is 22.6 Å². The van der Waals surface area contributed by atoms with E-state index in [4.69, 9.17) is 9.47 Å². The molecule has 2 aliphatic rings. The number of nitrogens with zero attached hydrogens (tertiary/aromatic N) is 1.